The Balaban J connectivity index is 2.96. The van der Waals surface area contributed by atoms with Crippen LogP contribution in [0.25, 0.3) is 0 Å². The number of aryl methyl sites for hydroxylation is 1. The number of hydrogen-bond acceptors (Lipinski definition) is 2. The van der Waals surface area contributed by atoms with Crippen molar-refractivity contribution < 1.29 is 4.79 Å². The molecule has 1 rings (SSSR count). The Morgan fingerprint density at radius 2 is 2.17 bits per heavy atom. The zero-order valence-corrected chi connectivity index (χ0v) is 11.2. The van der Waals surface area contributed by atoms with E-state index < -0.39 is 0 Å². The van der Waals surface area contributed by atoms with Crippen LogP contribution < -0.4 is 11.1 Å². The standard InChI is InChI=1S/C15H20N2O/c1-4-13-10-12(6-5-9-16)7-8-14(13)17-15(18)11(2)3/h7-8,10-11H,4,9,16H2,1-3H3,(H,17,18). The normalized spacial score (nSPS) is 9.83. The smallest absolute Gasteiger partial charge is 0.226 e. The van der Waals surface area contributed by atoms with Crippen molar-refractivity contribution in [2.45, 2.75) is 27.2 Å². The second-order valence-electron chi connectivity index (χ2n) is 4.38. The summed E-state index contributed by atoms with van der Waals surface area (Å²) in [7, 11) is 0. The Kier molecular flexibility index (Phi) is 5.41. The summed E-state index contributed by atoms with van der Waals surface area (Å²) in [5.41, 5.74) is 8.24. The maximum atomic E-state index is 11.7. The highest BCUT2D eigenvalue weighted by Gasteiger charge is 2.09. The Morgan fingerprint density at radius 3 is 2.72 bits per heavy atom. The Labute approximate surface area is 109 Å². The third-order valence-corrected chi connectivity index (χ3v) is 2.60. The predicted octanol–water partition coefficient (Wildman–Crippen LogP) is 2.15. The quantitative estimate of drug-likeness (QED) is 0.800. The molecule has 0 unspecified atom stereocenters. The van der Waals surface area contributed by atoms with Gasteiger partial charge >= 0.3 is 0 Å². The van der Waals surface area contributed by atoms with Crippen LogP contribution >= 0.6 is 0 Å². The second kappa shape index (κ2) is 6.83. The first-order chi connectivity index (χ1) is 8.58. The number of rotatable bonds is 3. The van der Waals surface area contributed by atoms with Crippen molar-refractivity contribution in [2.24, 2.45) is 11.7 Å². The van der Waals surface area contributed by atoms with Gasteiger partial charge in [-0.3, -0.25) is 4.79 Å². The monoisotopic (exact) mass is 244 g/mol. The highest BCUT2D eigenvalue weighted by atomic mass is 16.1. The molecule has 1 aromatic carbocycles. The number of amides is 1. The first-order valence-electron chi connectivity index (χ1n) is 6.21. The van der Waals surface area contributed by atoms with E-state index in [1.54, 1.807) is 0 Å². The number of nitrogens with two attached hydrogens (primary N) is 1. The fourth-order valence-electron chi connectivity index (χ4n) is 1.52. The van der Waals surface area contributed by atoms with E-state index in [4.69, 9.17) is 5.73 Å². The Hall–Kier alpha value is -1.79. The van der Waals surface area contributed by atoms with Gasteiger partial charge in [-0.1, -0.05) is 32.6 Å². The number of carbonyl (C=O) groups is 1. The average Bonchev–Trinajstić information content (AvgIpc) is 2.37. The van der Waals surface area contributed by atoms with Crippen LogP contribution in [0.3, 0.4) is 0 Å². The summed E-state index contributed by atoms with van der Waals surface area (Å²) >= 11 is 0. The van der Waals surface area contributed by atoms with Crippen LogP contribution in [-0.2, 0) is 11.2 Å². The third-order valence-electron chi connectivity index (χ3n) is 2.60. The number of nitrogens with one attached hydrogen (secondary N) is 1. The van der Waals surface area contributed by atoms with Crippen LogP contribution in [0.5, 0.6) is 0 Å². The molecule has 0 aliphatic rings. The molecule has 1 aromatic rings. The molecular formula is C15H20N2O. The molecule has 3 N–H and O–H groups in total. The lowest BCUT2D eigenvalue weighted by atomic mass is 10.1. The van der Waals surface area contributed by atoms with Crippen LogP contribution in [0.1, 0.15) is 31.9 Å². The van der Waals surface area contributed by atoms with Crippen LogP contribution in [0.15, 0.2) is 18.2 Å². The maximum absolute atomic E-state index is 11.7. The molecule has 1 amide bonds. The van der Waals surface area contributed by atoms with E-state index in [1.165, 1.54) is 0 Å². The van der Waals surface area contributed by atoms with Gasteiger partial charge in [-0.15, -0.1) is 0 Å². The van der Waals surface area contributed by atoms with Gasteiger partial charge in [0, 0.05) is 17.2 Å². The van der Waals surface area contributed by atoms with Crippen molar-refractivity contribution >= 4 is 11.6 Å². The number of anilines is 1. The van der Waals surface area contributed by atoms with Crippen LogP contribution in [0.4, 0.5) is 5.69 Å². The van der Waals surface area contributed by atoms with E-state index >= 15 is 0 Å². The molecule has 18 heavy (non-hydrogen) atoms. The molecule has 0 aliphatic carbocycles. The SMILES string of the molecule is CCc1cc(C#CCN)ccc1NC(=O)C(C)C. The maximum Gasteiger partial charge on any atom is 0.226 e. The van der Waals surface area contributed by atoms with Gasteiger partial charge in [0.25, 0.3) is 0 Å². The summed E-state index contributed by atoms with van der Waals surface area (Å²) in [4.78, 5) is 11.7. The average molecular weight is 244 g/mol. The predicted molar refractivity (Wildman–Crippen MR) is 75.2 cm³/mol. The van der Waals surface area contributed by atoms with E-state index in [2.05, 4.69) is 24.1 Å². The molecule has 0 aromatic heterocycles. The van der Waals surface area contributed by atoms with Gasteiger partial charge in [0.15, 0.2) is 0 Å². The zero-order valence-electron chi connectivity index (χ0n) is 11.2. The molecule has 0 saturated carbocycles. The lowest BCUT2D eigenvalue weighted by molar-refractivity contribution is -0.118. The summed E-state index contributed by atoms with van der Waals surface area (Å²) < 4.78 is 0. The van der Waals surface area contributed by atoms with E-state index in [0.717, 1.165) is 23.2 Å². The van der Waals surface area contributed by atoms with Gasteiger partial charge < -0.3 is 11.1 Å². The van der Waals surface area contributed by atoms with E-state index in [9.17, 15) is 4.79 Å². The Bertz CT molecular complexity index is 481. The minimum atomic E-state index is -0.0218. The fraction of sp³-hybridized carbons (Fsp3) is 0.400. The number of hydrogen-bond donors (Lipinski definition) is 2. The minimum Gasteiger partial charge on any atom is -0.326 e. The summed E-state index contributed by atoms with van der Waals surface area (Å²) in [5.74, 6) is 5.83. The van der Waals surface area contributed by atoms with E-state index in [0.29, 0.717) is 6.54 Å². The summed E-state index contributed by atoms with van der Waals surface area (Å²) in [6, 6.07) is 5.80. The van der Waals surface area contributed by atoms with Crippen molar-refractivity contribution in [2.75, 3.05) is 11.9 Å². The molecule has 0 bridgehead atoms. The van der Waals surface area contributed by atoms with Crippen LogP contribution in [0, 0.1) is 17.8 Å². The van der Waals surface area contributed by atoms with Crippen LogP contribution in [0.2, 0.25) is 0 Å². The van der Waals surface area contributed by atoms with Crippen molar-refractivity contribution in [1.29, 1.82) is 0 Å². The fourth-order valence-corrected chi connectivity index (χ4v) is 1.52. The number of carbonyl (C=O) groups excluding carboxylic acids is 1. The van der Waals surface area contributed by atoms with Gasteiger partial charge in [-0.05, 0) is 30.2 Å². The highest BCUT2D eigenvalue weighted by molar-refractivity contribution is 5.92. The van der Waals surface area contributed by atoms with Gasteiger partial charge in [-0.25, -0.2) is 0 Å². The summed E-state index contributed by atoms with van der Waals surface area (Å²) in [6.07, 6.45) is 0.853. The topological polar surface area (TPSA) is 55.1 Å². The third kappa shape index (κ3) is 3.90. The molecule has 3 nitrogen and oxygen atoms in total. The molecule has 96 valence electrons. The van der Waals surface area contributed by atoms with Gasteiger partial charge in [-0.2, -0.15) is 0 Å². The zero-order chi connectivity index (χ0) is 13.5. The van der Waals surface area contributed by atoms with Crippen LogP contribution in [-0.4, -0.2) is 12.5 Å². The molecule has 0 spiro atoms. The van der Waals surface area contributed by atoms with Crippen molar-refractivity contribution in [3.05, 3.63) is 29.3 Å². The molecular weight excluding hydrogens is 224 g/mol. The second-order valence-corrected chi connectivity index (χ2v) is 4.38. The molecule has 0 fully saturated rings. The molecule has 0 saturated heterocycles. The van der Waals surface area contributed by atoms with Gasteiger partial charge in [0.2, 0.25) is 5.91 Å². The van der Waals surface area contributed by atoms with Crippen molar-refractivity contribution in [3.63, 3.8) is 0 Å². The molecule has 3 heteroatoms. The first kappa shape index (κ1) is 14.3. The van der Waals surface area contributed by atoms with Gasteiger partial charge in [0.05, 0.1) is 6.54 Å². The highest BCUT2D eigenvalue weighted by Crippen LogP contribution is 2.18. The largest absolute Gasteiger partial charge is 0.326 e. The van der Waals surface area contributed by atoms with E-state index in [1.807, 2.05) is 32.0 Å². The molecule has 0 heterocycles. The van der Waals surface area contributed by atoms with Crippen molar-refractivity contribution in [3.8, 4) is 11.8 Å². The first-order valence-corrected chi connectivity index (χ1v) is 6.21. The molecule has 0 radical (unpaired) electrons. The Morgan fingerprint density at radius 1 is 1.44 bits per heavy atom. The summed E-state index contributed by atoms with van der Waals surface area (Å²) in [6.45, 7) is 6.16. The lowest BCUT2D eigenvalue weighted by Crippen LogP contribution is -2.18. The minimum absolute atomic E-state index is 0.0218. The van der Waals surface area contributed by atoms with Crippen molar-refractivity contribution in [1.82, 2.24) is 0 Å². The van der Waals surface area contributed by atoms with E-state index in [-0.39, 0.29) is 11.8 Å². The number of benzene rings is 1. The summed E-state index contributed by atoms with van der Waals surface area (Å²) in [5, 5.41) is 2.93. The molecule has 0 atom stereocenters. The van der Waals surface area contributed by atoms with Gasteiger partial charge in [0.1, 0.15) is 0 Å². The molecule has 0 aliphatic heterocycles. The lowest BCUT2D eigenvalue weighted by Gasteiger charge is -2.12.